The molecule has 3 aromatic rings. The van der Waals surface area contributed by atoms with Crippen LogP contribution in [0.2, 0.25) is 10.0 Å². The molecule has 1 aromatic heterocycles. The van der Waals surface area contributed by atoms with Gasteiger partial charge >= 0.3 is 0 Å². The molecule has 44 heavy (non-hydrogen) atoms. The predicted molar refractivity (Wildman–Crippen MR) is 176 cm³/mol. The third kappa shape index (κ3) is 11.5. The van der Waals surface area contributed by atoms with E-state index in [1.54, 1.807) is 6.07 Å². The van der Waals surface area contributed by atoms with Crippen LogP contribution in [0.15, 0.2) is 54.9 Å². The fourth-order valence-corrected chi connectivity index (χ4v) is 5.29. The number of carbonyl (C=O) groups is 1. The van der Waals surface area contributed by atoms with Crippen molar-refractivity contribution >= 4 is 40.7 Å². The van der Waals surface area contributed by atoms with E-state index in [2.05, 4.69) is 40.5 Å². The van der Waals surface area contributed by atoms with Gasteiger partial charge in [-0.25, -0.2) is 9.97 Å². The fraction of sp³-hybridized carbons (Fsp3) is 0.469. The van der Waals surface area contributed by atoms with E-state index < -0.39 is 17.8 Å². The molecule has 1 aliphatic rings. The quantitative estimate of drug-likeness (QED) is 0.214. The molecule has 0 unspecified atom stereocenters. The molecule has 2 heterocycles. The maximum atomic E-state index is 15.3. The van der Waals surface area contributed by atoms with Crippen LogP contribution in [-0.4, -0.2) is 70.2 Å². The number of nitrogens with two attached hydrogens (primary N) is 1. The second-order valence-corrected chi connectivity index (χ2v) is 12.4. The number of amides is 1. The summed E-state index contributed by atoms with van der Waals surface area (Å²) in [6, 6.07) is 15.9. The van der Waals surface area contributed by atoms with Gasteiger partial charge in [-0.2, -0.15) is 4.39 Å². The van der Waals surface area contributed by atoms with Crippen molar-refractivity contribution in [1.29, 1.82) is 0 Å². The minimum absolute atomic E-state index is 0.0114. The Labute approximate surface area is 270 Å². The summed E-state index contributed by atoms with van der Waals surface area (Å²) in [7, 11) is 0. The summed E-state index contributed by atoms with van der Waals surface area (Å²) in [6.45, 7) is 11.0. The fourth-order valence-electron chi connectivity index (χ4n) is 4.86. The summed E-state index contributed by atoms with van der Waals surface area (Å²) in [6.07, 6.45) is 1.35. The van der Waals surface area contributed by atoms with Gasteiger partial charge in [-0.3, -0.25) is 9.69 Å². The van der Waals surface area contributed by atoms with Gasteiger partial charge in [-0.05, 0) is 62.2 Å². The molecule has 0 aliphatic carbocycles. The number of aromatic nitrogens is 2. The molecule has 0 bridgehead atoms. The Morgan fingerprint density at radius 3 is 2.36 bits per heavy atom. The number of primary amides is 1. The number of benzene rings is 2. The monoisotopic (exact) mass is 647 g/mol. The average Bonchev–Trinajstić information content (AvgIpc) is 2.95. The topological polar surface area (TPSA) is 120 Å². The maximum absolute atomic E-state index is 15.3. The van der Waals surface area contributed by atoms with Crippen LogP contribution in [0.25, 0.3) is 0 Å². The molecule has 2 atom stereocenters. The molecule has 12 heteroatoms. The van der Waals surface area contributed by atoms with Crippen molar-refractivity contribution in [3.05, 3.63) is 81.8 Å². The lowest BCUT2D eigenvalue weighted by Crippen LogP contribution is -2.48. The first kappa shape index (κ1) is 35.5. The molecule has 0 radical (unpaired) electrons. The maximum Gasteiger partial charge on any atom is 0.231 e. The highest BCUT2D eigenvalue weighted by atomic mass is 35.5. The van der Waals surface area contributed by atoms with Crippen LogP contribution < -0.4 is 21.3 Å². The number of aliphatic hydroxyl groups excluding tert-OH is 1. The molecule has 2 aromatic carbocycles. The van der Waals surface area contributed by atoms with Crippen LogP contribution in [0.1, 0.15) is 45.2 Å². The van der Waals surface area contributed by atoms with Gasteiger partial charge in [0, 0.05) is 54.2 Å². The number of piperidine rings is 1. The van der Waals surface area contributed by atoms with Crippen LogP contribution in [-0.2, 0) is 17.9 Å². The number of aliphatic hydroxyl groups is 1. The second-order valence-electron chi connectivity index (χ2n) is 11.6. The van der Waals surface area contributed by atoms with Crippen molar-refractivity contribution in [2.24, 2.45) is 11.7 Å². The number of nitrogens with one attached hydrogen (secondary N) is 2. The average molecular weight is 649 g/mol. The molecule has 4 rings (SSSR count). The number of hydrogen-bond acceptors (Lipinski definition) is 8. The molecule has 1 aliphatic heterocycles. The van der Waals surface area contributed by atoms with Gasteiger partial charge in [0.1, 0.15) is 6.33 Å². The zero-order chi connectivity index (χ0) is 32.2. The number of carbonyl (C=O) groups excluding carboxylic acids is 1. The zero-order valence-electron chi connectivity index (χ0n) is 25.8. The predicted octanol–water partition coefficient (Wildman–Crippen LogP) is 5.10. The van der Waals surface area contributed by atoms with Gasteiger partial charge in [0.25, 0.3) is 0 Å². The van der Waals surface area contributed by atoms with Crippen LogP contribution in [0.3, 0.4) is 0 Å². The second kappa shape index (κ2) is 17.5. The number of anilines is 2. The SMILES string of the molecule is CC(C)N(Cc1cccc(Cl)c1)c1ncnc(NC[C@H]2CCN(CC(N)=O)C[C@@H]2O)c1F.CC(C)NCc1cccc(Cl)c1. The number of β-amino-alcohol motifs (C(OH)–C–C–N with tert-alkyl or cyclic N) is 1. The summed E-state index contributed by atoms with van der Waals surface area (Å²) < 4.78 is 15.3. The molecule has 1 fully saturated rings. The summed E-state index contributed by atoms with van der Waals surface area (Å²) in [5.74, 6) is -0.752. The lowest BCUT2D eigenvalue weighted by Gasteiger charge is -2.35. The number of halogens is 3. The lowest BCUT2D eigenvalue weighted by molar-refractivity contribution is -0.120. The molecular formula is C32H44Cl2FN7O2. The van der Waals surface area contributed by atoms with E-state index >= 15 is 4.39 Å². The van der Waals surface area contributed by atoms with Gasteiger partial charge in [0.2, 0.25) is 11.7 Å². The number of rotatable bonds is 12. The third-order valence-electron chi connectivity index (χ3n) is 7.23. The number of likely N-dealkylation sites (tertiary alicyclic amines) is 1. The van der Waals surface area contributed by atoms with E-state index in [0.29, 0.717) is 43.7 Å². The molecule has 0 saturated carbocycles. The summed E-state index contributed by atoms with van der Waals surface area (Å²) in [5.41, 5.74) is 7.41. The Balaban J connectivity index is 0.000000369. The third-order valence-corrected chi connectivity index (χ3v) is 7.70. The van der Waals surface area contributed by atoms with Gasteiger partial charge in [0.05, 0.1) is 12.6 Å². The van der Waals surface area contributed by atoms with Crippen LogP contribution in [0.4, 0.5) is 16.0 Å². The minimum Gasteiger partial charge on any atom is -0.391 e. The Kier molecular flexibility index (Phi) is 14.1. The molecule has 240 valence electrons. The zero-order valence-corrected chi connectivity index (χ0v) is 27.3. The lowest BCUT2D eigenvalue weighted by atomic mass is 9.93. The highest BCUT2D eigenvalue weighted by Crippen LogP contribution is 2.26. The van der Waals surface area contributed by atoms with Crippen molar-refractivity contribution in [3.8, 4) is 0 Å². The van der Waals surface area contributed by atoms with E-state index in [9.17, 15) is 9.90 Å². The minimum atomic E-state index is -0.644. The van der Waals surface area contributed by atoms with Gasteiger partial charge in [0.15, 0.2) is 11.6 Å². The van der Waals surface area contributed by atoms with Crippen molar-refractivity contribution in [3.63, 3.8) is 0 Å². The summed E-state index contributed by atoms with van der Waals surface area (Å²) in [5, 5.41) is 18.2. The largest absolute Gasteiger partial charge is 0.391 e. The van der Waals surface area contributed by atoms with Gasteiger partial charge in [-0.1, -0.05) is 61.3 Å². The van der Waals surface area contributed by atoms with E-state index in [0.717, 1.165) is 17.1 Å². The van der Waals surface area contributed by atoms with Crippen LogP contribution in [0.5, 0.6) is 0 Å². The van der Waals surface area contributed by atoms with Crippen molar-refractivity contribution < 1.29 is 14.3 Å². The molecule has 0 spiro atoms. The molecule has 5 N–H and O–H groups in total. The van der Waals surface area contributed by atoms with E-state index in [-0.39, 0.29) is 30.1 Å². The molecule has 1 saturated heterocycles. The molecule has 9 nitrogen and oxygen atoms in total. The molecular weight excluding hydrogens is 604 g/mol. The van der Waals surface area contributed by atoms with Crippen LogP contribution >= 0.6 is 23.2 Å². The summed E-state index contributed by atoms with van der Waals surface area (Å²) >= 11 is 11.9. The Morgan fingerprint density at radius 1 is 1.11 bits per heavy atom. The number of hydrogen-bond donors (Lipinski definition) is 4. The first-order valence-corrected chi connectivity index (χ1v) is 15.6. The Morgan fingerprint density at radius 2 is 1.77 bits per heavy atom. The van der Waals surface area contributed by atoms with Gasteiger partial charge < -0.3 is 26.4 Å². The summed E-state index contributed by atoms with van der Waals surface area (Å²) in [4.78, 5) is 23.0. The highest BCUT2D eigenvalue weighted by Gasteiger charge is 2.29. The Bertz CT molecular complexity index is 1350. The number of nitrogens with zero attached hydrogens (tertiary/aromatic N) is 4. The first-order valence-electron chi connectivity index (χ1n) is 14.8. The normalized spacial score (nSPS) is 16.9. The van der Waals surface area contributed by atoms with E-state index in [4.69, 9.17) is 28.9 Å². The van der Waals surface area contributed by atoms with Gasteiger partial charge in [-0.15, -0.1) is 0 Å². The first-order chi connectivity index (χ1) is 20.9. The van der Waals surface area contributed by atoms with E-state index in [1.165, 1.54) is 11.9 Å². The smallest absolute Gasteiger partial charge is 0.231 e. The molecule has 1 amide bonds. The standard InChI is InChI=1S/C22H30ClFN6O2.C10H14ClN/c1-14(2)30(10-15-4-3-5-17(23)8-15)22-20(24)21(27-13-28-22)26-9-16-6-7-29(11-18(16)31)12-19(25)32;1-8(2)12-7-9-4-3-5-10(11)6-9/h3-5,8,13-14,16,18,31H,6-7,9-12H2,1-2H3,(H2,25,32)(H,26,27,28);3-6,8,12H,7H2,1-2H3/t16-,18+;/m1./s1. The van der Waals surface area contributed by atoms with Crippen molar-refractivity contribution in [2.45, 2.75) is 65.4 Å². The highest BCUT2D eigenvalue weighted by molar-refractivity contribution is 6.30. The Hall–Kier alpha value is -3.02. The van der Waals surface area contributed by atoms with Crippen LogP contribution in [0, 0.1) is 11.7 Å². The van der Waals surface area contributed by atoms with Crippen molar-refractivity contribution in [2.75, 3.05) is 36.4 Å². The van der Waals surface area contributed by atoms with Crippen molar-refractivity contribution in [1.82, 2.24) is 20.2 Å². The van der Waals surface area contributed by atoms with E-state index in [1.807, 2.05) is 60.0 Å².